The summed E-state index contributed by atoms with van der Waals surface area (Å²) < 4.78 is 16.4. The molecule has 0 saturated carbocycles. The van der Waals surface area contributed by atoms with E-state index in [9.17, 15) is 0 Å². The maximum atomic E-state index is 5.64. The van der Waals surface area contributed by atoms with Gasteiger partial charge in [0.25, 0.3) is 0 Å². The van der Waals surface area contributed by atoms with Crippen molar-refractivity contribution in [2.24, 2.45) is 4.99 Å². The van der Waals surface area contributed by atoms with E-state index < -0.39 is 0 Å². The molecule has 23 heavy (non-hydrogen) atoms. The molecule has 0 fully saturated rings. The molecule has 0 aliphatic carbocycles. The molecule has 116 valence electrons. The van der Waals surface area contributed by atoms with Crippen LogP contribution in [0.5, 0.6) is 11.5 Å². The average Bonchev–Trinajstić information content (AvgIpc) is 3.04. The first kappa shape index (κ1) is 13.8. The van der Waals surface area contributed by atoms with E-state index >= 15 is 0 Å². The second-order valence-corrected chi connectivity index (χ2v) is 5.35. The minimum atomic E-state index is 0.574. The van der Waals surface area contributed by atoms with Crippen LogP contribution in [0.1, 0.15) is 16.9 Å². The number of aromatic nitrogens is 1. The monoisotopic (exact) mass is 308 g/mol. The molecular formula is C18H16N2O3. The number of nitrogens with zero attached hydrogens (tertiary/aromatic N) is 2. The molecule has 2 heterocycles. The molecule has 1 aliphatic heterocycles. The summed E-state index contributed by atoms with van der Waals surface area (Å²) in [6.45, 7) is 0.752. The third-order valence-corrected chi connectivity index (χ3v) is 4.13. The van der Waals surface area contributed by atoms with Crippen LogP contribution < -0.4 is 9.47 Å². The number of fused-ring (bicyclic) bond motifs is 2. The van der Waals surface area contributed by atoms with Crippen LogP contribution in [0.4, 0.5) is 0 Å². The molecule has 3 aromatic rings. The summed E-state index contributed by atoms with van der Waals surface area (Å²) >= 11 is 0. The lowest BCUT2D eigenvalue weighted by Gasteiger charge is -2.15. The topological polar surface area (TPSA) is 56.9 Å². The third-order valence-electron chi connectivity index (χ3n) is 4.13. The van der Waals surface area contributed by atoms with Crippen LogP contribution in [-0.4, -0.2) is 31.6 Å². The molecule has 0 N–H and O–H groups in total. The van der Waals surface area contributed by atoms with Gasteiger partial charge in [-0.15, -0.1) is 0 Å². The zero-order valence-electron chi connectivity index (χ0n) is 13.0. The van der Waals surface area contributed by atoms with Crippen LogP contribution in [-0.2, 0) is 6.42 Å². The van der Waals surface area contributed by atoms with E-state index in [0.717, 1.165) is 29.6 Å². The van der Waals surface area contributed by atoms with E-state index in [-0.39, 0.29) is 0 Å². The van der Waals surface area contributed by atoms with Gasteiger partial charge >= 0.3 is 0 Å². The van der Waals surface area contributed by atoms with Gasteiger partial charge in [0.05, 0.1) is 19.6 Å². The molecule has 4 rings (SSSR count). The second-order valence-electron chi connectivity index (χ2n) is 5.35. The van der Waals surface area contributed by atoms with E-state index in [2.05, 4.69) is 22.3 Å². The number of ether oxygens (including phenoxy) is 2. The zero-order chi connectivity index (χ0) is 15.8. The van der Waals surface area contributed by atoms with Crippen molar-refractivity contribution < 1.29 is 14.0 Å². The molecule has 0 atom stereocenters. The fourth-order valence-electron chi connectivity index (χ4n) is 3.03. The van der Waals surface area contributed by atoms with Crippen molar-refractivity contribution in [3.05, 3.63) is 53.3 Å². The van der Waals surface area contributed by atoms with Gasteiger partial charge in [0.2, 0.25) is 0 Å². The van der Waals surface area contributed by atoms with Crippen molar-refractivity contribution >= 4 is 16.6 Å². The number of rotatable bonds is 3. The average molecular weight is 308 g/mol. The summed E-state index contributed by atoms with van der Waals surface area (Å²) in [5.74, 6) is 1.88. The number of benzene rings is 2. The molecule has 0 amide bonds. The van der Waals surface area contributed by atoms with Gasteiger partial charge in [-0.3, -0.25) is 4.99 Å². The summed E-state index contributed by atoms with van der Waals surface area (Å²) in [5, 5.41) is 5.06. The summed E-state index contributed by atoms with van der Waals surface area (Å²) in [4.78, 5) is 4.67. The molecule has 1 aliphatic rings. The van der Waals surface area contributed by atoms with Crippen LogP contribution in [0.3, 0.4) is 0 Å². The Bertz CT molecular complexity index is 912. The minimum Gasteiger partial charge on any atom is -0.493 e. The Labute approximate surface area is 133 Å². The van der Waals surface area contributed by atoms with E-state index in [1.807, 2.05) is 24.3 Å². The lowest BCUT2D eigenvalue weighted by atomic mass is 9.95. The number of aliphatic imine (C=N–C) groups is 1. The number of hydrogen-bond donors (Lipinski definition) is 0. The normalized spacial score (nSPS) is 13.6. The van der Waals surface area contributed by atoms with E-state index in [1.54, 1.807) is 14.2 Å². The van der Waals surface area contributed by atoms with Crippen LogP contribution in [0, 0.1) is 0 Å². The minimum absolute atomic E-state index is 0.574. The Morgan fingerprint density at radius 1 is 1.04 bits per heavy atom. The van der Waals surface area contributed by atoms with Gasteiger partial charge in [0.15, 0.2) is 22.8 Å². The lowest BCUT2D eigenvalue weighted by Crippen LogP contribution is -2.13. The molecule has 5 nitrogen and oxygen atoms in total. The van der Waals surface area contributed by atoms with Crippen LogP contribution in [0.2, 0.25) is 0 Å². The second kappa shape index (κ2) is 5.43. The van der Waals surface area contributed by atoms with Gasteiger partial charge in [-0.2, -0.15) is 0 Å². The SMILES string of the molecule is COc1ccc2c(C3=NCCc4ccccc43)onc2c1OC. The highest BCUT2D eigenvalue weighted by Gasteiger charge is 2.24. The summed E-state index contributed by atoms with van der Waals surface area (Å²) in [5.41, 5.74) is 3.88. The molecule has 5 heteroatoms. The van der Waals surface area contributed by atoms with Gasteiger partial charge in [0.1, 0.15) is 5.71 Å². The molecular weight excluding hydrogens is 292 g/mol. The lowest BCUT2D eigenvalue weighted by molar-refractivity contribution is 0.355. The Morgan fingerprint density at radius 3 is 2.74 bits per heavy atom. The Kier molecular flexibility index (Phi) is 3.26. The van der Waals surface area contributed by atoms with Crippen molar-refractivity contribution in [1.82, 2.24) is 5.16 Å². The van der Waals surface area contributed by atoms with E-state index in [4.69, 9.17) is 14.0 Å². The summed E-state index contributed by atoms with van der Waals surface area (Å²) in [6.07, 6.45) is 0.947. The van der Waals surface area contributed by atoms with Gasteiger partial charge in [-0.05, 0) is 24.1 Å². The maximum absolute atomic E-state index is 5.64. The van der Waals surface area contributed by atoms with Crippen molar-refractivity contribution in [3.63, 3.8) is 0 Å². The van der Waals surface area contributed by atoms with Gasteiger partial charge in [-0.1, -0.05) is 29.4 Å². The first-order chi connectivity index (χ1) is 11.3. The number of hydrogen-bond acceptors (Lipinski definition) is 5. The molecule has 0 radical (unpaired) electrons. The highest BCUT2D eigenvalue weighted by molar-refractivity contribution is 6.18. The standard InChI is InChI=1S/C18H16N2O3/c1-21-14-8-7-13-16(18(14)22-2)20-23-17(13)15-12-6-4-3-5-11(12)9-10-19-15/h3-8H,9-10H2,1-2H3. The van der Waals surface area contributed by atoms with E-state index in [0.29, 0.717) is 22.8 Å². The summed E-state index contributed by atoms with van der Waals surface area (Å²) in [6, 6.07) is 12.1. The molecule has 0 unspecified atom stereocenters. The van der Waals surface area contributed by atoms with Gasteiger partial charge in [-0.25, -0.2) is 0 Å². The van der Waals surface area contributed by atoms with Crippen molar-refractivity contribution in [1.29, 1.82) is 0 Å². The first-order valence-electron chi connectivity index (χ1n) is 7.47. The van der Waals surface area contributed by atoms with Crippen molar-refractivity contribution in [3.8, 4) is 11.5 Å². The third kappa shape index (κ3) is 2.08. The smallest absolute Gasteiger partial charge is 0.193 e. The number of methoxy groups -OCH3 is 2. The fourth-order valence-corrected chi connectivity index (χ4v) is 3.03. The van der Waals surface area contributed by atoms with Crippen molar-refractivity contribution in [2.75, 3.05) is 20.8 Å². The highest BCUT2D eigenvalue weighted by atomic mass is 16.5. The molecule has 0 spiro atoms. The van der Waals surface area contributed by atoms with Gasteiger partial charge < -0.3 is 14.0 Å². The first-order valence-corrected chi connectivity index (χ1v) is 7.47. The Morgan fingerprint density at radius 2 is 1.91 bits per heavy atom. The quantitative estimate of drug-likeness (QED) is 0.745. The van der Waals surface area contributed by atoms with Crippen molar-refractivity contribution in [2.45, 2.75) is 6.42 Å². The largest absolute Gasteiger partial charge is 0.493 e. The Hall–Kier alpha value is -2.82. The molecule has 0 bridgehead atoms. The summed E-state index contributed by atoms with van der Waals surface area (Å²) in [7, 11) is 3.20. The molecule has 2 aromatic carbocycles. The molecule has 1 aromatic heterocycles. The maximum Gasteiger partial charge on any atom is 0.193 e. The molecule has 0 saturated heterocycles. The highest BCUT2D eigenvalue weighted by Crippen LogP contribution is 2.37. The van der Waals surface area contributed by atoms with Gasteiger partial charge in [0, 0.05) is 12.1 Å². The Balaban J connectivity index is 1.93. The van der Waals surface area contributed by atoms with E-state index in [1.165, 1.54) is 5.56 Å². The van der Waals surface area contributed by atoms with Crippen LogP contribution in [0.25, 0.3) is 10.9 Å². The fraction of sp³-hybridized carbons (Fsp3) is 0.222. The zero-order valence-corrected chi connectivity index (χ0v) is 13.0. The predicted molar refractivity (Wildman–Crippen MR) is 87.8 cm³/mol. The van der Waals surface area contributed by atoms with Crippen LogP contribution in [0.15, 0.2) is 45.9 Å². The van der Waals surface area contributed by atoms with Crippen LogP contribution >= 0.6 is 0 Å². The predicted octanol–water partition coefficient (Wildman–Crippen LogP) is 3.24.